The van der Waals surface area contributed by atoms with Crippen LogP contribution in [0.5, 0.6) is 0 Å². The minimum atomic E-state index is -0.671. The van der Waals surface area contributed by atoms with Crippen molar-refractivity contribution in [1.29, 1.82) is 0 Å². The fraction of sp³-hybridized carbons (Fsp3) is 0.714. The molecule has 0 aromatic carbocycles. The highest BCUT2D eigenvalue weighted by molar-refractivity contribution is 6.18. The number of hydrogen-bond donors (Lipinski definition) is 1. The van der Waals surface area contributed by atoms with Crippen molar-refractivity contribution in [2.45, 2.75) is 19.2 Å². The van der Waals surface area contributed by atoms with Gasteiger partial charge in [-0.2, -0.15) is 0 Å². The Labute approximate surface area is 86.5 Å². The monoisotopic (exact) mass is 221 g/mol. The normalized spacial score (nSPS) is 22.9. The van der Waals surface area contributed by atoms with Crippen LogP contribution in [0.2, 0.25) is 0 Å². The average molecular weight is 222 g/mol. The molecule has 2 atom stereocenters. The first kappa shape index (κ1) is 11.1. The van der Waals surface area contributed by atoms with Gasteiger partial charge < -0.3 is 10.0 Å². The molecule has 0 aliphatic carbocycles. The molecule has 1 aliphatic heterocycles. The molecule has 0 aromatic rings. The van der Waals surface area contributed by atoms with Crippen molar-refractivity contribution in [1.82, 2.24) is 9.91 Å². The first-order chi connectivity index (χ1) is 6.56. The van der Waals surface area contributed by atoms with Crippen molar-refractivity contribution >= 4 is 11.6 Å². The van der Waals surface area contributed by atoms with Crippen LogP contribution in [0, 0.1) is 10.1 Å². The highest BCUT2D eigenvalue weighted by Gasteiger charge is 2.30. The number of hydrogen-bond acceptors (Lipinski definition) is 4. The zero-order valence-corrected chi connectivity index (χ0v) is 8.46. The van der Waals surface area contributed by atoms with Crippen LogP contribution in [-0.4, -0.2) is 44.7 Å². The van der Waals surface area contributed by atoms with E-state index in [0.29, 0.717) is 6.54 Å². The molecule has 1 heterocycles. The van der Waals surface area contributed by atoms with Gasteiger partial charge in [-0.05, 0) is 6.92 Å². The van der Waals surface area contributed by atoms with Crippen LogP contribution in [0.3, 0.4) is 0 Å². The maximum absolute atomic E-state index is 10.5. The lowest BCUT2D eigenvalue weighted by atomic mass is 10.3. The summed E-state index contributed by atoms with van der Waals surface area (Å²) in [5.41, 5.74) is 0. The summed E-state index contributed by atoms with van der Waals surface area (Å²) in [4.78, 5) is 12.1. The topological polar surface area (TPSA) is 69.8 Å². The number of nitrogens with zero attached hydrogens (tertiary/aromatic N) is 3. The lowest BCUT2D eigenvalue weighted by Crippen LogP contribution is -2.42. The molecule has 0 saturated heterocycles. The van der Waals surface area contributed by atoms with Crippen LogP contribution >= 0.6 is 11.6 Å². The SMILES string of the molecule is CC1N(CC(O)CCl)C=CN1[N+](=O)[O-]. The van der Waals surface area contributed by atoms with E-state index < -0.39 is 11.1 Å². The van der Waals surface area contributed by atoms with E-state index >= 15 is 0 Å². The summed E-state index contributed by atoms with van der Waals surface area (Å²) < 4.78 is 0. The second kappa shape index (κ2) is 4.47. The molecule has 80 valence electrons. The summed E-state index contributed by atoms with van der Waals surface area (Å²) in [5, 5.41) is 20.2. The van der Waals surface area contributed by atoms with E-state index in [2.05, 4.69) is 0 Å². The van der Waals surface area contributed by atoms with Crippen LogP contribution in [0.1, 0.15) is 6.92 Å². The van der Waals surface area contributed by atoms with Crippen LogP contribution in [-0.2, 0) is 0 Å². The molecule has 0 saturated carbocycles. The van der Waals surface area contributed by atoms with E-state index in [9.17, 15) is 15.2 Å². The van der Waals surface area contributed by atoms with Gasteiger partial charge in [-0.3, -0.25) is 0 Å². The third-order valence-corrected chi connectivity index (χ3v) is 2.42. The second-order valence-electron chi connectivity index (χ2n) is 3.05. The molecule has 0 spiro atoms. The molecule has 0 radical (unpaired) electrons. The van der Waals surface area contributed by atoms with Crippen molar-refractivity contribution in [2.24, 2.45) is 0 Å². The van der Waals surface area contributed by atoms with E-state index in [1.165, 1.54) is 6.20 Å². The van der Waals surface area contributed by atoms with Gasteiger partial charge in [0.1, 0.15) is 0 Å². The van der Waals surface area contributed by atoms with Crippen LogP contribution in [0.4, 0.5) is 0 Å². The lowest BCUT2D eigenvalue weighted by Gasteiger charge is -2.24. The number of nitro groups is 1. The maximum Gasteiger partial charge on any atom is 0.166 e. The zero-order chi connectivity index (χ0) is 10.7. The van der Waals surface area contributed by atoms with E-state index in [0.717, 1.165) is 5.01 Å². The van der Waals surface area contributed by atoms with Crippen molar-refractivity contribution in [3.05, 3.63) is 22.5 Å². The van der Waals surface area contributed by atoms with Crippen LogP contribution < -0.4 is 0 Å². The first-order valence-electron chi connectivity index (χ1n) is 4.17. The Kier molecular flexibility index (Phi) is 3.54. The van der Waals surface area contributed by atoms with Crippen molar-refractivity contribution in [3.63, 3.8) is 0 Å². The van der Waals surface area contributed by atoms with Gasteiger partial charge in [-0.1, -0.05) is 5.01 Å². The molecule has 14 heavy (non-hydrogen) atoms. The molecule has 0 bridgehead atoms. The van der Waals surface area contributed by atoms with Gasteiger partial charge in [0.2, 0.25) is 0 Å². The van der Waals surface area contributed by atoms with Gasteiger partial charge in [0.05, 0.1) is 18.2 Å². The van der Waals surface area contributed by atoms with E-state index in [4.69, 9.17) is 11.6 Å². The Bertz CT molecular complexity index is 248. The van der Waals surface area contributed by atoms with Crippen molar-refractivity contribution in [3.8, 4) is 0 Å². The maximum atomic E-state index is 10.5. The smallest absolute Gasteiger partial charge is 0.166 e. The molecular weight excluding hydrogens is 210 g/mol. The molecule has 6 nitrogen and oxygen atoms in total. The summed E-state index contributed by atoms with van der Waals surface area (Å²) in [7, 11) is 0. The summed E-state index contributed by atoms with van der Waals surface area (Å²) >= 11 is 5.43. The van der Waals surface area contributed by atoms with Crippen molar-refractivity contribution < 1.29 is 10.1 Å². The fourth-order valence-electron chi connectivity index (χ4n) is 1.25. The van der Waals surface area contributed by atoms with Gasteiger partial charge in [0.25, 0.3) is 0 Å². The fourth-order valence-corrected chi connectivity index (χ4v) is 1.35. The predicted molar refractivity (Wildman–Crippen MR) is 50.9 cm³/mol. The number of aliphatic hydroxyl groups excluding tert-OH is 1. The molecule has 2 unspecified atom stereocenters. The second-order valence-corrected chi connectivity index (χ2v) is 3.36. The molecule has 0 aromatic heterocycles. The van der Waals surface area contributed by atoms with E-state index in [1.807, 2.05) is 0 Å². The number of β-amino-alcohol motifs (C(OH)–C–C–N with tert-alkyl or cyclic N) is 1. The molecular formula is C7H12ClN3O3. The Morgan fingerprint density at radius 2 is 2.36 bits per heavy atom. The van der Waals surface area contributed by atoms with Crippen molar-refractivity contribution in [2.75, 3.05) is 12.4 Å². The number of alkyl halides is 1. The standard InChI is InChI=1S/C7H12ClN3O3/c1-6-9(5-7(12)4-8)2-3-10(6)11(13)14/h2-3,6-7,12H,4-5H2,1H3. The van der Waals surface area contributed by atoms with Gasteiger partial charge >= 0.3 is 0 Å². The average Bonchev–Trinajstić information content (AvgIpc) is 2.48. The number of hydrazine groups is 1. The summed E-state index contributed by atoms with van der Waals surface area (Å²) in [6, 6.07) is 0. The first-order valence-corrected chi connectivity index (χ1v) is 4.70. The van der Waals surface area contributed by atoms with Crippen LogP contribution in [0.15, 0.2) is 12.4 Å². The van der Waals surface area contributed by atoms with Gasteiger partial charge in [-0.25, -0.2) is 10.1 Å². The molecule has 0 amide bonds. The molecule has 1 aliphatic rings. The third kappa shape index (κ3) is 2.27. The Morgan fingerprint density at radius 3 is 2.79 bits per heavy atom. The zero-order valence-electron chi connectivity index (χ0n) is 7.71. The molecule has 7 heteroatoms. The van der Waals surface area contributed by atoms with E-state index in [-0.39, 0.29) is 12.0 Å². The summed E-state index contributed by atoms with van der Waals surface area (Å²) in [6.07, 6.45) is 1.88. The van der Waals surface area contributed by atoms with Crippen LogP contribution in [0.25, 0.3) is 0 Å². The molecule has 1 N–H and O–H groups in total. The van der Waals surface area contributed by atoms with Gasteiger partial charge in [0, 0.05) is 12.7 Å². The highest BCUT2D eigenvalue weighted by atomic mass is 35.5. The number of rotatable bonds is 4. The quantitative estimate of drug-likeness (QED) is 0.418. The van der Waals surface area contributed by atoms with E-state index in [1.54, 1.807) is 18.0 Å². The largest absolute Gasteiger partial charge is 0.390 e. The third-order valence-electron chi connectivity index (χ3n) is 2.06. The summed E-state index contributed by atoms with van der Waals surface area (Å²) in [5.74, 6) is 0.121. The summed E-state index contributed by atoms with van der Waals surface area (Å²) in [6.45, 7) is 1.98. The Morgan fingerprint density at radius 1 is 1.71 bits per heavy atom. The molecule has 1 rings (SSSR count). The highest BCUT2D eigenvalue weighted by Crippen LogP contribution is 2.15. The minimum absolute atomic E-state index is 0.121. The van der Waals surface area contributed by atoms with Gasteiger partial charge in [-0.15, -0.1) is 11.6 Å². The molecule has 0 fully saturated rings. The Hall–Kier alpha value is -1.01. The predicted octanol–water partition coefficient (Wildman–Crippen LogP) is 0.213. The minimum Gasteiger partial charge on any atom is -0.390 e. The Balaban J connectivity index is 2.52. The number of aliphatic hydroxyl groups is 1. The van der Waals surface area contributed by atoms with Gasteiger partial charge in [0.15, 0.2) is 11.2 Å². The lowest BCUT2D eigenvalue weighted by molar-refractivity contribution is -0.649. The number of halogens is 1.